The second kappa shape index (κ2) is 8.37. The molecule has 2 N–H and O–H groups in total. The zero-order chi connectivity index (χ0) is 20.1. The second-order valence-electron chi connectivity index (χ2n) is 6.33. The molecular formula is C21H23N3O3. The maximum Gasteiger partial charge on any atom is 0.340 e. The molecular weight excluding hydrogens is 342 g/mol. The third-order valence-corrected chi connectivity index (χ3v) is 4.24. The third kappa shape index (κ3) is 4.45. The largest absolute Gasteiger partial charge is 0.462 e. The number of aromatic nitrogens is 1. The molecule has 140 valence electrons. The molecule has 0 atom stereocenters. The Labute approximate surface area is 158 Å². The molecule has 0 saturated heterocycles. The topological polar surface area (TPSA) is 95.0 Å². The quantitative estimate of drug-likeness (QED) is 0.476. The summed E-state index contributed by atoms with van der Waals surface area (Å²) in [7, 11) is 0. The van der Waals surface area contributed by atoms with Gasteiger partial charge in [0.05, 0.1) is 12.2 Å². The number of amides is 1. The highest BCUT2D eigenvalue weighted by molar-refractivity contribution is 6.10. The van der Waals surface area contributed by atoms with E-state index in [0.717, 1.165) is 11.1 Å². The Morgan fingerprint density at radius 3 is 2.56 bits per heavy atom. The number of carbonyl (C=O) groups excluding carboxylic acids is 2. The van der Waals surface area contributed by atoms with E-state index >= 15 is 0 Å². The zero-order valence-electron chi connectivity index (χ0n) is 16.2. The lowest BCUT2D eigenvalue weighted by Crippen LogP contribution is -2.14. The Morgan fingerprint density at radius 2 is 1.96 bits per heavy atom. The summed E-state index contributed by atoms with van der Waals surface area (Å²) in [5, 5.41) is 12.2. The molecule has 1 aromatic carbocycles. The Bertz CT molecular complexity index is 962. The van der Waals surface area contributed by atoms with Gasteiger partial charge in [0.15, 0.2) is 0 Å². The fourth-order valence-corrected chi connectivity index (χ4v) is 2.86. The van der Waals surface area contributed by atoms with Gasteiger partial charge in [-0.25, -0.2) is 4.79 Å². The Hall–Kier alpha value is -3.33. The van der Waals surface area contributed by atoms with Crippen LogP contribution in [0.4, 0.5) is 5.69 Å². The number of esters is 1. The van der Waals surface area contributed by atoms with Crippen molar-refractivity contribution >= 4 is 23.6 Å². The van der Waals surface area contributed by atoms with E-state index in [1.54, 1.807) is 26.8 Å². The number of rotatable bonds is 5. The van der Waals surface area contributed by atoms with Crippen molar-refractivity contribution in [2.45, 2.75) is 34.6 Å². The summed E-state index contributed by atoms with van der Waals surface area (Å²) in [5.74, 6) is -0.935. The molecule has 6 heteroatoms. The van der Waals surface area contributed by atoms with Gasteiger partial charge in [0.1, 0.15) is 11.6 Å². The monoisotopic (exact) mass is 365 g/mol. The normalized spacial score (nSPS) is 11.0. The maximum absolute atomic E-state index is 12.5. The van der Waals surface area contributed by atoms with Gasteiger partial charge in [-0.3, -0.25) is 4.79 Å². The van der Waals surface area contributed by atoms with Crippen LogP contribution in [0.5, 0.6) is 0 Å². The van der Waals surface area contributed by atoms with Crippen LogP contribution in [0.15, 0.2) is 23.8 Å². The SMILES string of the molecule is CCOC(=O)c1c(C)[nH]c(/C=C(\C#N)C(=O)Nc2ccc(C)cc2C)c1C. The number of nitrogens with zero attached hydrogens (tertiary/aromatic N) is 1. The van der Waals surface area contributed by atoms with E-state index < -0.39 is 11.9 Å². The molecule has 1 heterocycles. The summed E-state index contributed by atoms with van der Waals surface area (Å²) in [6.45, 7) is 9.37. The van der Waals surface area contributed by atoms with Crippen LogP contribution in [0.25, 0.3) is 6.08 Å². The van der Waals surface area contributed by atoms with Gasteiger partial charge in [-0.05, 0) is 57.9 Å². The fourth-order valence-electron chi connectivity index (χ4n) is 2.86. The highest BCUT2D eigenvalue weighted by Crippen LogP contribution is 2.22. The van der Waals surface area contributed by atoms with Crippen molar-refractivity contribution in [3.05, 3.63) is 57.4 Å². The zero-order valence-corrected chi connectivity index (χ0v) is 16.2. The molecule has 2 rings (SSSR count). The Morgan fingerprint density at radius 1 is 1.26 bits per heavy atom. The first kappa shape index (κ1) is 20.0. The predicted molar refractivity (Wildman–Crippen MR) is 104 cm³/mol. The van der Waals surface area contributed by atoms with Crippen LogP contribution in [0.1, 0.15) is 45.4 Å². The van der Waals surface area contributed by atoms with Crippen LogP contribution in [0.2, 0.25) is 0 Å². The summed E-state index contributed by atoms with van der Waals surface area (Å²) >= 11 is 0. The van der Waals surface area contributed by atoms with Crippen LogP contribution >= 0.6 is 0 Å². The molecule has 0 aliphatic rings. The van der Waals surface area contributed by atoms with Crippen molar-refractivity contribution < 1.29 is 14.3 Å². The van der Waals surface area contributed by atoms with Gasteiger partial charge in [-0.2, -0.15) is 5.26 Å². The van der Waals surface area contributed by atoms with Crippen molar-refractivity contribution in [1.29, 1.82) is 5.26 Å². The van der Waals surface area contributed by atoms with Crippen molar-refractivity contribution in [3.8, 4) is 6.07 Å². The highest BCUT2D eigenvalue weighted by Gasteiger charge is 2.20. The number of nitriles is 1. The molecule has 0 unspecified atom stereocenters. The third-order valence-electron chi connectivity index (χ3n) is 4.24. The van der Waals surface area contributed by atoms with Crippen LogP contribution < -0.4 is 5.32 Å². The van der Waals surface area contributed by atoms with Gasteiger partial charge in [0, 0.05) is 17.1 Å². The Balaban J connectivity index is 2.33. The van der Waals surface area contributed by atoms with E-state index in [0.29, 0.717) is 28.2 Å². The van der Waals surface area contributed by atoms with Gasteiger partial charge >= 0.3 is 5.97 Å². The summed E-state index contributed by atoms with van der Waals surface area (Å²) in [5.41, 5.74) is 4.82. The van der Waals surface area contributed by atoms with Gasteiger partial charge < -0.3 is 15.0 Å². The standard InChI is InChI=1S/C21H23N3O3/c1-6-27-21(26)19-14(4)18(23-15(19)5)10-16(11-22)20(25)24-17-8-7-12(2)9-13(17)3/h7-10,23H,6H2,1-5H3,(H,24,25)/b16-10+. The molecule has 1 aromatic heterocycles. The Kier molecular flexibility index (Phi) is 6.19. The number of hydrogen-bond donors (Lipinski definition) is 2. The van der Waals surface area contributed by atoms with E-state index in [-0.39, 0.29) is 12.2 Å². The molecule has 27 heavy (non-hydrogen) atoms. The van der Waals surface area contributed by atoms with Crippen molar-refractivity contribution in [3.63, 3.8) is 0 Å². The minimum atomic E-state index is -0.506. The summed E-state index contributed by atoms with van der Waals surface area (Å²) in [4.78, 5) is 27.7. The van der Waals surface area contributed by atoms with Crippen LogP contribution in [0.3, 0.4) is 0 Å². The number of nitrogens with one attached hydrogen (secondary N) is 2. The van der Waals surface area contributed by atoms with Gasteiger partial charge in [0.2, 0.25) is 0 Å². The molecule has 0 saturated carbocycles. The van der Waals surface area contributed by atoms with Gasteiger partial charge in [-0.15, -0.1) is 0 Å². The molecule has 0 radical (unpaired) electrons. The first-order valence-electron chi connectivity index (χ1n) is 8.65. The number of carbonyl (C=O) groups is 2. The number of benzene rings is 1. The number of hydrogen-bond acceptors (Lipinski definition) is 4. The fraction of sp³-hybridized carbons (Fsp3) is 0.286. The first-order valence-corrected chi connectivity index (χ1v) is 8.65. The minimum absolute atomic E-state index is 0.0604. The van der Waals surface area contributed by atoms with Crippen LogP contribution in [-0.2, 0) is 9.53 Å². The predicted octanol–water partition coefficient (Wildman–Crippen LogP) is 3.97. The van der Waals surface area contributed by atoms with Gasteiger partial charge in [0.25, 0.3) is 5.91 Å². The van der Waals surface area contributed by atoms with Gasteiger partial charge in [-0.1, -0.05) is 17.7 Å². The summed E-state index contributed by atoms with van der Waals surface area (Å²) < 4.78 is 5.06. The number of aromatic amines is 1. The molecule has 1 amide bonds. The molecule has 0 fully saturated rings. The summed E-state index contributed by atoms with van der Waals surface area (Å²) in [6, 6.07) is 7.58. The van der Waals surface area contributed by atoms with Crippen LogP contribution in [0, 0.1) is 39.0 Å². The van der Waals surface area contributed by atoms with Crippen molar-refractivity contribution in [1.82, 2.24) is 4.98 Å². The molecule has 6 nitrogen and oxygen atoms in total. The lowest BCUT2D eigenvalue weighted by atomic mass is 10.1. The maximum atomic E-state index is 12.5. The van der Waals surface area contributed by atoms with E-state index in [1.807, 2.05) is 32.0 Å². The molecule has 0 aliphatic carbocycles. The van der Waals surface area contributed by atoms with Crippen LogP contribution in [-0.4, -0.2) is 23.5 Å². The number of aryl methyl sites for hydroxylation is 3. The van der Waals surface area contributed by atoms with Crippen molar-refractivity contribution in [2.75, 3.05) is 11.9 Å². The first-order chi connectivity index (χ1) is 12.8. The lowest BCUT2D eigenvalue weighted by molar-refractivity contribution is -0.112. The van der Waals surface area contributed by atoms with E-state index in [9.17, 15) is 14.9 Å². The molecule has 0 aliphatic heterocycles. The second-order valence-corrected chi connectivity index (χ2v) is 6.33. The minimum Gasteiger partial charge on any atom is -0.462 e. The number of ether oxygens (including phenoxy) is 1. The smallest absolute Gasteiger partial charge is 0.340 e. The van der Waals surface area contributed by atoms with Crippen molar-refractivity contribution in [2.24, 2.45) is 0 Å². The average Bonchev–Trinajstić information content (AvgIpc) is 2.88. The average molecular weight is 365 g/mol. The lowest BCUT2D eigenvalue weighted by Gasteiger charge is -2.08. The molecule has 0 spiro atoms. The van der Waals surface area contributed by atoms with E-state index in [2.05, 4.69) is 10.3 Å². The summed E-state index contributed by atoms with van der Waals surface area (Å²) in [6.07, 6.45) is 1.45. The van der Waals surface area contributed by atoms with E-state index in [1.165, 1.54) is 6.08 Å². The molecule has 0 bridgehead atoms. The van der Waals surface area contributed by atoms with E-state index in [4.69, 9.17) is 4.74 Å². The number of H-pyrrole nitrogens is 1. The highest BCUT2D eigenvalue weighted by atomic mass is 16.5. The number of anilines is 1. The molecule has 2 aromatic rings.